The Bertz CT molecular complexity index is 1220. The van der Waals surface area contributed by atoms with Gasteiger partial charge >= 0.3 is 0 Å². The third-order valence-electron chi connectivity index (χ3n) is 6.76. The minimum Gasteiger partial charge on any atom is -0.370 e. The van der Waals surface area contributed by atoms with Crippen molar-refractivity contribution >= 4 is 40.9 Å². The number of nitrogens with one attached hydrogen (secondary N) is 2. The fourth-order valence-electron chi connectivity index (χ4n) is 5.33. The normalized spacial score (nSPS) is 27.8. The van der Waals surface area contributed by atoms with Gasteiger partial charge in [-0.25, -0.2) is 4.39 Å². The van der Waals surface area contributed by atoms with E-state index in [1.54, 1.807) is 24.3 Å². The second kappa shape index (κ2) is 7.64. The molecule has 2 saturated heterocycles. The Balaban J connectivity index is 1.60. The molecule has 3 aliphatic rings. The SMILES string of the molecule is NC(=O)CC[C@@H]1N[C@]2(C(=O)Nc3ccc(F)cc32)[C@@H]2C(=O)N(Cc3ccccc3Cl)C(=O)[C@H]12. The summed E-state index contributed by atoms with van der Waals surface area (Å²) in [4.78, 5) is 53.0. The second-order valence-corrected chi connectivity index (χ2v) is 8.97. The number of primary amides is 1. The van der Waals surface area contributed by atoms with Gasteiger partial charge in [-0.2, -0.15) is 0 Å². The molecule has 2 aromatic carbocycles. The summed E-state index contributed by atoms with van der Waals surface area (Å²) < 4.78 is 14.2. The van der Waals surface area contributed by atoms with Crippen LogP contribution in [0.5, 0.6) is 0 Å². The highest BCUT2D eigenvalue weighted by atomic mass is 35.5. The van der Waals surface area contributed by atoms with Gasteiger partial charge in [-0.15, -0.1) is 0 Å². The fourth-order valence-corrected chi connectivity index (χ4v) is 5.53. The average Bonchev–Trinajstić information content (AvgIpc) is 3.34. The van der Waals surface area contributed by atoms with Gasteiger partial charge in [0.15, 0.2) is 0 Å². The van der Waals surface area contributed by atoms with E-state index in [1.165, 1.54) is 18.2 Å². The van der Waals surface area contributed by atoms with E-state index >= 15 is 0 Å². The number of hydrogen-bond acceptors (Lipinski definition) is 5. The van der Waals surface area contributed by atoms with E-state index in [0.29, 0.717) is 16.3 Å². The van der Waals surface area contributed by atoms with Crippen molar-refractivity contribution in [2.24, 2.45) is 17.6 Å². The standard InChI is InChI=1S/C23H20ClFN4O4/c24-14-4-2-1-3-11(14)10-29-20(31)18-16(7-8-17(26)30)28-23(19(18)21(29)32)13-9-12(25)5-6-15(13)27-22(23)33/h1-6,9,16,18-19,28H,7-8,10H2,(H2,26,30)(H,27,33)/t16-,18+,19-,23-/m0/s1. The van der Waals surface area contributed by atoms with Crippen molar-refractivity contribution in [3.05, 3.63) is 64.4 Å². The van der Waals surface area contributed by atoms with Gasteiger partial charge in [-0.1, -0.05) is 29.8 Å². The highest BCUT2D eigenvalue weighted by Crippen LogP contribution is 2.53. The number of amides is 4. The molecule has 2 aromatic rings. The van der Waals surface area contributed by atoms with Crippen molar-refractivity contribution in [1.82, 2.24) is 10.2 Å². The Morgan fingerprint density at radius 3 is 2.64 bits per heavy atom. The predicted molar refractivity (Wildman–Crippen MR) is 116 cm³/mol. The van der Waals surface area contributed by atoms with Gasteiger partial charge in [0, 0.05) is 28.7 Å². The zero-order valence-corrected chi connectivity index (χ0v) is 18.1. The maximum atomic E-state index is 14.2. The van der Waals surface area contributed by atoms with E-state index in [1.807, 2.05) is 0 Å². The van der Waals surface area contributed by atoms with Crippen molar-refractivity contribution in [2.45, 2.75) is 31.0 Å². The maximum absolute atomic E-state index is 14.2. The smallest absolute Gasteiger partial charge is 0.250 e. The Hall–Kier alpha value is -3.30. The van der Waals surface area contributed by atoms with Gasteiger partial charge in [0.1, 0.15) is 11.4 Å². The number of hydrogen-bond donors (Lipinski definition) is 3. The lowest BCUT2D eigenvalue weighted by Gasteiger charge is -2.29. The summed E-state index contributed by atoms with van der Waals surface area (Å²) in [5.74, 6) is -4.73. The second-order valence-electron chi connectivity index (χ2n) is 8.57. The molecule has 4 atom stereocenters. The lowest BCUT2D eigenvalue weighted by Crippen LogP contribution is -2.53. The summed E-state index contributed by atoms with van der Waals surface area (Å²) in [6.07, 6.45) is 0.107. The van der Waals surface area contributed by atoms with E-state index in [4.69, 9.17) is 17.3 Å². The van der Waals surface area contributed by atoms with Crippen LogP contribution in [0, 0.1) is 17.7 Å². The number of halogens is 2. The van der Waals surface area contributed by atoms with Crippen LogP contribution in [0.25, 0.3) is 0 Å². The molecule has 0 radical (unpaired) electrons. The monoisotopic (exact) mass is 470 g/mol. The van der Waals surface area contributed by atoms with Crippen molar-refractivity contribution in [1.29, 1.82) is 0 Å². The Morgan fingerprint density at radius 1 is 1.15 bits per heavy atom. The molecule has 2 fully saturated rings. The van der Waals surface area contributed by atoms with Crippen LogP contribution in [-0.4, -0.2) is 34.6 Å². The molecule has 4 N–H and O–H groups in total. The number of fused-ring (bicyclic) bond motifs is 4. The van der Waals surface area contributed by atoms with Gasteiger partial charge in [-0.05, 0) is 36.2 Å². The summed E-state index contributed by atoms with van der Waals surface area (Å²) in [5.41, 5.74) is 4.90. The highest BCUT2D eigenvalue weighted by molar-refractivity contribution is 6.31. The molecule has 170 valence electrons. The first-order valence-electron chi connectivity index (χ1n) is 10.5. The molecule has 33 heavy (non-hydrogen) atoms. The molecule has 10 heteroatoms. The molecule has 0 unspecified atom stereocenters. The quantitative estimate of drug-likeness (QED) is 0.574. The minimum absolute atomic E-state index is 0.0411. The minimum atomic E-state index is -1.63. The first-order valence-corrected chi connectivity index (χ1v) is 10.9. The number of anilines is 1. The summed E-state index contributed by atoms with van der Waals surface area (Å²) in [7, 11) is 0. The first kappa shape index (κ1) is 21.5. The lowest BCUT2D eigenvalue weighted by atomic mass is 9.76. The molecule has 1 spiro atoms. The van der Waals surface area contributed by atoms with Crippen molar-refractivity contribution < 1.29 is 23.6 Å². The largest absolute Gasteiger partial charge is 0.370 e. The van der Waals surface area contributed by atoms with Gasteiger partial charge in [0.2, 0.25) is 23.6 Å². The van der Waals surface area contributed by atoms with E-state index < -0.39 is 52.9 Å². The van der Waals surface area contributed by atoms with Crippen molar-refractivity contribution in [3.63, 3.8) is 0 Å². The number of imide groups is 1. The van der Waals surface area contributed by atoms with Crippen LogP contribution >= 0.6 is 11.6 Å². The Labute approximate surface area is 193 Å². The fraction of sp³-hybridized carbons (Fsp3) is 0.304. The molecule has 0 aliphatic carbocycles. The molecule has 5 rings (SSSR count). The molecule has 3 heterocycles. The average molecular weight is 471 g/mol. The zero-order valence-electron chi connectivity index (χ0n) is 17.3. The molecule has 0 bridgehead atoms. The number of carbonyl (C=O) groups excluding carboxylic acids is 4. The van der Waals surface area contributed by atoms with Crippen molar-refractivity contribution in [3.8, 4) is 0 Å². The van der Waals surface area contributed by atoms with Gasteiger partial charge in [-0.3, -0.25) is 29.4 Å². The zero-order chi connectivity index (χ0) is 23.5. The molecule has 8 nitrogen and oxygen atoms in total. The van der Waals surface area contributed by atoms with E-state index in [-0.39, 0.29) is 24.9 Å². The summed E-state index contributed by atoms with van der Waals surface area (Å²) in [5, 5.41) is 6.24. The van der Waals surface area contributed by atoms with Crippen LogP contribution in [-0.2, 0) is 31.3 Å². The van der Waals surface area contributed by atoms with Gasteiger partial charge < -0.3 is 11.1 Å². The van der Waals surface area contributed by atoms with E-state index in [0.717, 1.165) is 4.90 Å². The number of carbonyl (C=O) groups is 4. The Kier molecular flexibility index (Phi) is 4.98. The van der Waals surface area contributed by atoms with Gasteiger partial charge in [0.25, 0.3) is 0 Å². The van der Waals surface area contributed by atoms with Crippen LogP contribution in [0.15, 0.2) is 42.5 Å². The van der Waals surface area contributed by atoms with Crippen LogP contribution in [0.1, 0.15) is 24.0 Å². The maximum Gasteiger partial charge on any atom is 0.250 e. The summed E-state index contributed by atoms with van der Waals surface area (Å²) in [6, 6.07) is 10.00. The molecule has 4 amide bonds. The number of benzene rings is 2. The molecular weight excluding hydrogens is 451 g/mol. The summed E-state index contributed by atoms with van der Waals surface area (Å²) in [6.45, 7) is -0.0550. The van der Waals surface area contributed by atoms with Crippen molar-refractivity contribution in [2.75, 3.05) is 5.32 Å². The third kappa shape index (κ3) is 3.14. The van der Waals surface area contributed by atoms with E-state index in [9.17, 15) is 23.6 Å². The predicted octanol–water partition coefficient (Wildman–Crippen LogP) is 1.67. The summed E-state index contributed by atoms with van der Waals surface area (Å²) >= 11 is 6.24. The number of rotatable bonds is 5. The highest BCUT2D eigenvalue weighted by Gasteiger charge is 2.70. The third-order valence-corrected chi connectivity index (χ3v) is 7.13. The number of likely N-dealkylation sites (tertiary alicyclic amines) is 1. The van der Waals surface area contributed by atoms with E-state index in [2.05, 4.69) is 10.6 Å². The topological polar surface area (TPSA) is 122 Å². The Morgan fingerprint density at radius 2 is 1.91 bits per heavy atom. The van der Waals surface area contributed by atoms with Crippen LogP contribution in [0.2, 0.25) is 5.02 Å². The van der Waals surface area contributed by atoms with Crippen LogP contribution < -0.4 is 16.4 Å². The molecule has 0 saturated carbocycles. The van der Waals surface area contributed by atoms with Gasteiger partial charge in [0.05, 0.1) is 18.4 Å². The molecular formula is C23H20ClFN4O4. The molecule has 3 aliphatic heterocycles. The number of nitrogens with two attached hydrogens (primary N) is 1. The van der Waals surface area contributed by atoms with Crippen LogP contribution in [0.4, 0.5) is 10.1 Å². The number of nitrogens with zero attached hydrogens (tertiary/aromatic N) is 1. The lowest BCUT2D eigenvalue weighted by molar-refractivity contribution is -0.143. The first-order chi connectivity index (χ1) is 15.7. The molecule has 0 aromatic heterocycles. The van der Waals surface area contributed by atoms with Crippen LogP contribution in [0.3, 0.4) is 0 Å².